The summed E-state index contributed by atoms with van der Waals surface area (Å²) in [7, 11) is 1.72. The van der Waals surface area contributed by atoms with Crippen molar-refractivity contribution in [3.63, 3.8) is 0 Å². The normalized spacial score (nSPS) is 11.4. The monoisotopic (exact) mass is 312 g/mol. The fourth-order valence-electron chi connectivity index (χ4n) is 2.31. The summed E-state index contributed by atoms with van der Waals surface area (Å²) in [5.41, 5.74) is 4.15. The molecule has 0 amide bonds. The summed E-state index contributed by atoms with van der Waals surface area (Å²) in [5, 5.41) is 1.29. The number of H-pyrrole nitrogens is 1. The fourth-order valence-corrected chi connectivity index (χ4v) is 2.58. The van der Waals surface area contributed by atoms with Crippen LogP contribution in [0.4, 0.5) is 3.89 Å². The molecule has 0 bridgehead atoms. The number of aliphatic imine (C=N–C) groups is 1. The minimum Gasteiger partial charge on any atom is -0.339 e. The summed E-state index contributed by atoms with van der Waals surface area (Å²) in [6.45, 7) is 3.80. The first-order valence-corrected chi connectivity index (χ1v) is 7.31. The van der Waals surface area contributed by atoms with Crippen molar-refractivity contribution in [2.75, 3.05) is 7.05 Å². The predicted molar refractivity (Wildman–Crippen MR) is 89.9 cm³/mol. The van der Waals surface area contributed by atoms with Crippen LogP contribution in [-0.2, 0) is 0 Å². The third-order valence-electron chi connectivity index (χ3n) is 3.30. The lowest BCUT2D eigenvalue weighted by Crippen LogP contribution is -1.87. The Morgan fingerprint density at radius 2 is 2.23 bits per heavy atom. The molecule has 0 aromatic carbocycles. The van der Waals surface area contributed by atoms with E-state index in [2.05, 4.69) is 26.5 Å². The van der Waals surface area contributed by atoms with Crippen LogP contribution in [0.2, 0.25) is 0 Å². The molecule has 0 spiro atoms. The van der Waals surface area contributed by atoms with Crippen molar-refractivity contribution in [3.05, 3.63) is 48.3 Å². The molecule has 4 nitrogen and oxygen atoms in total. The van der Waals surface area contributed by atoms with Crippen molar-refractivity contribution in [1.82, 2.24) is 15.0 Å². The standard InChI is InChI=1S/C16H13FN4S/c1-3-13-12(9-18-2)11-4-5-14(21-16(11)20-13)10-6-7-19-15(8-10)22-17/h3-9H,1H2,2H3,(H,20,21). The van der Waals surface area contributed by atoms with Gasteiger partial charge < -0.3 is 4.98 Å². The number of nitrogens with one attached hydrogen (secondary N) is 1. The predicted octanol–water partition coefficient (Wildman–Crippen LogP) is 4.29. The van der Waals surface area contributed by atoms with Gasteiger partial charge in [0, 0.05) is 41.7 Å². The summed E-state index contributed by atoms with van der Waals surface area (Å²) in [6.07, 6.45) is 5.09. The molecule has 3 heterocycles. The molecule has 0 aliphatic heterocycles. The maximum Gasteiger partial charge on any atom is 0.139 e. The molecule has 0 radical (unpaired) electrons. The number of rotatable bonds is 4. The Balaban J connectivity index is 2.15. The third kappa shape index (κ3) is 2.53. The molecular formula is C16H13FN4S. The van der Waals surface area contributed by atoms with Gasteiger partial charge in [0.1, 0.15) is 22.8 Å². The molecule has 0 aliphatic carbocycles. The molecule has 3 aromatic heterocycles. The SMILES string of the molecule is C=Cc1[nH]c2nc(-c3ccnc(SF)c3)ccc2c1C=NC. The number of fused-ring (bicyclic) bond motifs is 1. The molecule has 0 saturated carbocycles. The second-order valence-corrected chi connectivity index (χ2v) is 5.17. The van der Waals surface area contributed by atoms with Crippen LogP contribution in [0.5, 0.6) is 0 Å². The van der Waals surface area contributed by atoms with Gasteiger partial charge >= 0.3 is 0 Å². The van der Waals surface area contributed by atoms with Gasteiger partial charge in [0.15, 0.2) is 0 Å². The Morgan fingerprint density at radius 1 is 1.36 bits per heavy atom. The molecule has 110 valence electrons. The van der Waals surface area contributed by atoms with Crippen molar-refractivity contribution in [2.24, 2.45) is 4.99 Å². The van der Waals surface area contributed by atoms with Gasteiger partial charge in [-0.1, -0.05) is 6.58 Å². The molecule has 0 aliphatic rings. The quantitative estimate of drug-likeness (QED) is 0.731. The minimum atomic E-state index is 0.121. The number of aromatic nitrogens is 3. The Bertz CT molecular complexity index is 870. The van der Waals surface area contributed by atoms with E-state index < -0.39 is 0 Å². The van der Waals surface area contributed by atoms with E-state index >= 15 is 0 Å². The van der Waals surface area contributed by atoms with Crippen LogP contribution in [0.25, 0.3) is 28.4 Å². The Kier molecular flexibility index (Phi) is 4.02. The topological polar surface area (TPSA) is 53.9 Å². The van der Waals surface area contributed by atoms with Crippen molar-refractivity contribution >= 4 is 35.5 Å². The number of halogens is 1. The van der Waals surface area contributed by atoms with Gasteiger partial charge in [-0.25, -0.2) is 9.97 Å². The van der Waals surface area contributed by atoms with Crippen molar-refractivity contribution in [1.29, 1.82) is 0 Å². The third-order valence-corrected chi connectivity index (χ3v) is 3.68. The van der Waals surface area contributed by atoms with Crippen LogP contribution in [-0.4, -0.2) is 28.2 Å². The van der Waals surface area contributed by atoms with E-state index in [0.717, 1.165) is 33.5 Å². The van der Waals surface area contributed by atoms with Gasteiger partial charge in [0.05, 0.1) is 5.69 Å². The lowest BCUT2D eigenvalue weighted by atomic mass is 10.1. The van der Waals surface area contributed by atoms with E-state index in [1.165, 1.54) is 0 Å². The second-order valence-electron chi connectivity index (χ2n) is 4.60. The van der Waals surface area contributed by atoms with Crippen LogP contribution in [0.3, 0.4) is 0 Å². The van der Waals surface area contributed by atoms with Crippen molar-refractivity contribution in [2.45, 2.75) is 5.03 Å². The molecule has 0 atom stereocenters. The zero-order valence-electron chi connectivity index (χ0n) is 11.9. The highest BCUT2D eigenvalue weighted by molar-refractivity contribution is 7.94. The number of pyridine rings is 2. The van der Waals surface area contributed by atoms with Gasteiger partial charge in [-0.3, -0.25) is 4.99 Å². The molecule has 0 saturated heterocycles. The molecule has 6 heteroatoms. The number of hydrogen-bond acceptors (Lipinski definition) is 4. The van der Waals surface area contributed by atoms with Crippen molar-refractivity contribution < 1.29 is 3.89 Å². The molecule has 3 aromatic rings. The molecule has 0 fully saturated rings. The van der Waals surface area contributed by atoms with E-state index in [1.54, 1.807) is 37.7 Å². The summed E-state index contributed by atoms with van der Waals surface area (Å²) in [5.74, 6) is 0. The lowest BCUT2D eigenvalue weighted by molar-refractivity contribution is 0.919. The van der Waals surface area contributed by atoms with Crippen LogP contribution in [0, 0.1) is 0 Å². The summed E-state index contributed by atoms with van der Waals surface area (Å²) < 4.78 is 12.7. The summed E-state index contributed by atoms with van der Waals surface area (Å²) >= 11 is 0.121. The van der Waals surface area contributed by atoms with E-state index in [4.69, 9.17) is 0 Å². The summed E-state index contributed by atoms with van der Waals surface area (Å²) in [6, 6.07) is 7.35. The average molecular weight is 312 g/mol. The first-order chi connectivity index (χ1) is 10.8. The first kappa shape index (κ1) is 14.5. The number of hydrogen-bond donors (Lipinski definition) is 1. The van der Waals surface area contributed by atoms with E-state index in [-0.39, 0.29) is 12.1 Å². The zero-order chi connectivity index (χ0) is 15.5. The van der Waals surface area contributed by atoms with Gasteiger partial charge in [0.25, 0.3) is 0 Å². The lowest BCUT2D eigenvalue weighted by Gasteiger charge is -2.02. The van der Waals surface area contributed by atoms with Gasteiger partial charge in [-0.2, -0.15) is 3.89 Å². The van der Waals surface area contributed by atoms with Crippen LogP contribution < -0.4 is 0 Å². The zero-order valence-corrected chi connectivity index (χ0v) is 12.7. The highest BCUT2D eigenvalue weighted by Gasteiger charge is 2.10. The second kappa shape index (κ2) is 6.11. The maximum absolute atomic E-state index is 12.7. The average Bonchev–Trinajstić information content (AvgIpc) is 2.92. The minimum absolute atomic E-state index is 0.121. The van der Waals surface area contributed by atoms with Gasteiger partial charge in [0.2, 0.25) is 0 Å². The van der Waals surface area contributed by atoms with Crippen LogP contribution >= 0.6 is 12.1 Å². The smallest absolute Gasteiger partial charge is 0.139 e. The molecule has 22 heavy (non-hydrogen) atoms. The number of nitrogens with zero attached hydrogens (tertiary/aromatic N) is 3. The molecular weight excluding hydrogens is 299 g/mol. The van der Waals surface area contributed by atoms with Gasteiger partial charge in [-0.15, -0.1) is 0 Å². The molecule has 0 unspecified atom stereocenters. The Morgan fingerprint density at radius 3 is 2.95 bits per heavy atom. The Hall–Kier alpha value is -2.47. The van der Waals surface area contributed by atoms with Crippen LogP contribution in [0.1, 0.15) is 11.3 Å². The van der Waals surface area contributed by atoms with E-state index in [9.17, 15) is 3.89 Å². The number of aromatic amines is 1. The van der Waals surface area contributed by atoms with Crippen LogP contribution in [0.15, 0.2) is 47.1 Å². The summed E-state index contributed by atoms with van der Waals surface area (Å²) in [4.78, 5) is 15.8. The van der Waals surface area contributed by atoms with E-state index in [1.807, 2.05) is 12.1 Å². The largest absolute Gasteiger partial charge is 0.339 e. The fraction of sp³-hybridized carbons (Fsp3) is 0.0625. The van der Waals surface area contributed by atoms with Crippen molar-refractivity contribution in [3.8, 4) is 11.3 Å². The highest BCUT2D eigenvalue weighted by atomic mass is 32.2. The molecule has 3 rings (SSSR count). The highest BCUT2D eigenvalue weighted by Crippen LogP contribution is 2.27. The molecule has 1 N–H and O–H groups in total. The first-order valence-electron chi connectivity index (χ1n) is 6.59. The maximum atomic E-state index is 12.7. The van der Waals surface area contributed by atoms with Gasteiger partial charge in [-0.05, 0) is 30.3 Å². The Labute approximate surface area is 131 Å². The van der Waals surface area contributed by atoms with E-state index in [0.29, 0.717) is 5.03 Å².